The van der Waals surface area contributed by atoms with Gasteiger partial charge in [-0.15, -0.1) is 0 Å². The van der Waals surface area contributed by atoms with Crippen molar-refractivity contribution in [3.05, 3.63) is 28.7 Å². The molecule has 1 aromatic carbocycles. The van der Waals surface area contributed by atoms with Crippen molar-refractivity contribution in [2.45, 2.75) is 23.5 Å². The van der Waals surface area contributed by atoms with Gasteiger partial charge in [0.05, 0.1) is 11.0 Å². The molecule has 1 fully saturated rings. The molecular formula is C11H12BrNO5S. The van der Waals surface area contributed by atoms with Crippen LogP contribution in [0.4, 0.5) is 0 Å². The monoisotopic (exact) mass is 349 g/mol. The van der Waals surface area contributed by atoms with Crippen molar-refractivity contribution >= 4 is 32.0 Å². The van der Waals surface area contributed by atoms with Gasteiger partial charge in [-0.2, -0.15) is 8.42 Å². The van der Waals surface area contributed by atoms with Crippen molar-refractivity contribution in [1.29, 1.82) is 0 Å². The zero-order valence-electron chi connectivity index (χ0n) is 9.74. The van der Waals surface area contributed by atoms with E-state index >= 15 is 0 Å². The third-order valence-electron chi connectivity index (χ3n) is 2.75. The molecule has 0 amide bonds. The lowest BCUT2D eigenvalue weighted by Crippen LogP contribution is -2.30. The van der Waals surface area contributed by atoms with Crippen LogP contribution in [-0.2, 0) is 19.1 Å². The fourth-order valence-electron chi connectivity index (χ4n) is 1.80. The van der Waals surface area contributed by atoms with Crippen LogP contribution < -0.4 is 5.32 Å². The molecule has 8 heteroatoms. The number of halogens is 1. The first-order valence-electron chi connectivity index (χ1n) is 5.53. The molecule has 0 radical (unpaired) electrons. The highest BCUT2D eigenvalue weighted by Gasteiger charge is 2.33. The molecule has 0 aliphatic carbocycles. The molecule has 0 aromatic heterocycles. The summed E-state index contributed by atoms with van der Waals surface area (Å²) in [6.07, 6.45) is -0.528. The van der Waals surface area contributed by atoms with E-state index in [0.717, 1.165) is 4.47 Å². The van der Waals surface area contributed by atoms with E-state index in [9.17, 15) is 13.2 Å². The molecular weight excluding hydrogens is 338 g/mol. The molecule has 0 spiro atoms. The Bertz CT molecular complexity index is 571. The second-order valence-corrected chi connectivity index (χ2v) is 6.65. The van der Waals surface area contributed by atoms with E-state index in [1.807, 2.05) is 0 Å². The van der Waals surface area contributed by atoms with Crippen LogP contribution in [0.15, 0.2) is 33.6 Å². The predicted octanol–water partition coefficient (Wildman–Crippen LogP) is 0.969. The topological polar surface area (TPSA) is 92.7 Å². The number of nitrogens with one attached hydrogen (secondary N) is 1. The van der Waals surface area contributed by atoms with Gasteiger partial charge in [-0.25, -0.2) is 0 Å². The Hall–Kier alpha value is -0.960. The van der Waals surface area contributed by atoms with E-state index in [1.54, 1.807) is 12.1 Å². The fraction of sp³-hybridized carbons (Fsp3) is 0.364. The Kier molecular flexibility index (Phi) is 4.24. The molecule has 0 bridgehead atoms. The lowest BCUT2D eigenvalue weighted by molar-refractivity contribution is -0.139. The van der Waals surface area contributed by atoms with Crippen molar-refractivity contribution < 1.29 is 22.5 Å². The molecule has 0 saturated carbocycles. The number of rotatable bonds is 4. The summed E-state index contributed by atoms with van der Waals surface area (Å²) in [5.74, 6) is -1.01. The fourth-order valence-corrected chi connectivity index (χ4v) is 3.15. The van der Waals surface area contributed by atoms with Gasteiger partial charge >= 0.3 is 5.97 Å². The Morgan fingerprint density at radius 1 is 1.37 bits per heavy atom. The van der Waals surface area contributed by atoms with Crippen molar-refractivity contribution in [2.24, 2.45) is 0 Å². The van der Waals surface area contributed by atoms with Gasteiger partial charge in [0.25, 0.3) is 10.1 Å². The lowest BCUT2D eigenvalue weighted by Gasteiger charge is -2.10. The largest absolute Gasteiger partial charge is 0.480 e. The summed E-state index contributed by atoms with van der Waals surface area (Å²) in [6.45, 7) is 0.201. The summed E-state index contributed by atoms with van der Waals surface area (Å²) in [7, 11) is -3.86. The second kappa shape index (κ2) is 5.58. The van der Waals surface area contributed by atoms with E-state index in [2.05, 4.69) is 21.2 Å². The number of carboxylic acid groups (broad SMARTS) is 1. The average Bonchev–Trinajstić information content (AvgIpc) is 2.77. The van der Waals surface area contributed by atoms with Crippen LogP contribution in [0.5, 0.6) is 0 Å². The van der Waals surface area contributed by atoms with Gasteiger partial charge in [-0.3, -0.25) is 8.98 Å². The molecule has 1 aliphatic rings. The smallest absolute Gasteiger partial charge is 0.320 e. The minimum atomic E-state index is -3.86. The highest BCUT2D eigenvalue weighted by Crippen LogP contribution is 2.20. The summed E-state index contributed by atoms with van der Waals surface area (Å²) in [4.78, 5) is 10.8. The average molecular weight is 350 g/mol. The third kappa shape index (κ3) is 3.53. The summed E-state index contributed by atoms with van der Waals surface area (Å²) in [6, 6.07) is 5.30. The SMILES string of the molecule is O=C(O)[C@@H]1C[C@H](OS(=O)(=O)c2ccc(Br)cc2)CN1. The molecule has 2 rings (SSSR count). The van der Waals surface area contributed by atoms with Gasteiger partial charge in [-0.1, -0.05) is 15.9 Å². The van der Waals surface area contributed by atoms with Crippen LogP contribution in [-0.4, -0.2) is 38.2 Å². The van der Waals surface area contributed by atoms with Crippen LogP contribution in [0.1, 0.15) is 6.42 Å². The molecule has 6 nitrogen and oxygen atoms in total. The minimum absolute atomic E-state index is 0.0504. The van der Waals surface area contributed by atoms with E-state index in [0.29, 0.717) is 0 Å². The highest BCUT2D eigenvalue weighted by molar-refractivity contribution is 9.10. The lowest BCUT2D eigenvalue weighted by atomic mass is 10.2. The number of hydrogen-bond acceptors (Lipinski definition) is 5. The normalized spacial score (nSPS) is 23.4. The molecule has 1 heterocycles. The van der Waals surface area contributed by atoms with Crippen molar-refractivity contribution in [3.63, 3.8) is 0 Å². The van der Waals surface area contributed by atoms with E-state index < -0.39 is 28.2 Å². The van der Waals surface area contributed by atoms with E-state index in [-0.39, 0.29) is 17.9 Å². The van der Waals surface area contributed by atoms with Gasteiger partial charge in [0.2, 0.25) is 0 Å². The quantitative estimate of drug-likeness (QED) is 0.786. The number of hydrogen-bond donors (Lipinski definition) is 2. The highest BCUT2D eigenvalue weighted by atomic mass is 79.9. The minimum Gasteiger partial charge on any atom is -0.480 e. The molecule has 1 aliphatic heterocycles. The maximum absolute atomic E-state index is 12.0. The summed E-state index contributed by atoms with van der Waals surface area (Å²) in [5.41, 5.74) is 0. The van der Waals surface area contributed by atoms with Crippen LogP contribution >= 0.6 is 15.9 Å². The zero-order chi connectivity index (χ0) is 14.0. The maximum Gasteiger partial charge on any atom is 0.320 e. The maximum atomic E-state index is 12.0. The van der Waals surface area contributed by atoms with Crippen molar-refractivity contribution in [1.82, 2.24) is 5.32 Å². The third-order valence-corrected chi connectivity index (χ3v) is 4.66. The first-order valence-corrected chi connectivity index (χ1v) is 7.73. The second-order valence-electron chi connectivity index (χ2n) is 4.16. The molecule has 1 saturated heterocycles. The summed E-state index contributed by atoms with van der Waals surface area (Å²) in [5, 5.41) is 11.5. The number of carbonyl (C=O) groups is 1. The number of benzene rings is 1. The van der Waals surface area contributed by atoms with Crippen molar-refractivity contribution in [2.75, 3.05) is 6.54 Å². The van der Waals surface area contributed by atoms with Gasteiger partial charge in [0.15, 0.2) is 0 Å². The molecule has 0 unspecified atom stereocenters. The summed E-state index contributed by atoms with van der Waals surface area (Å²) < 4.78 is 29.7. The first-order chi connectivity index (χ1) is 8.88. The first kappa shape index (κ1) is 14.4. The Morgan fingerprint density at radius 3 is 2.53 bits per heavy atom. The molecule has 104 valence electrons. The van der Waals surface area contributed by atoms with E-state index in [4.69, 9.17) is 9.29 Å². The van der Waals surface area contributed by atoms with Gasteiger partial charge in [0, 0.05) is 17.4 Å². The zero-order valence-corrected chi connectivity index (χ0v) is 12.1. The van der Waals surface area contributed by atoms with Crippen LogP contribution in [0.25, 0.3) is 0 Å². The molecule has 2 atom stereocenters. The van der Waals surface area contributed by atoms with E-state index in [1.165, 1.54) is 12.1 Å². The molecule has 19 heavy (non-hydrogen) atoms. The standard InChI is InChI=1S/C11H12BrNO5S/c12-7-1-3-9(4-2-7)19(16,17)18-8-5-10(11(14)15)13-6-8/h1-4,8,10,13H,5-6H2,(H,14,15)/t8-,10-/m0/s1. The van der Waals surface area contributed by atoms with Crippen molar-refractivity contribution in [3.8, 4) is 0 Å². The molecule has 1 aromatic rings. The van der Waals surface area contributed by atoms with Crippen LogP contribution in [0.2, 0.25) is 0 Å². The van der Waals surface area contributed by atoms with Gasteiger partial charge < -0.3 is 10.4 Å². The van der Waals surface area contributed by atoms with Crippen LogP contribution in [0.3, 0.4) is 0 Å². The van der Waals surface area contributed by atoms with Crippen LogP contribution in [0, 0.1) is 0 Å². The number of carboxylic acids is 1. The summed E-state index contributed by atoms with van der Waals surface area (Å²) >= 11 is 3.21. The predicted molar refractivity (Wildman–Crippen MR) is 70.2 cm³/mol. The Balaban J connectivity index is 2.06. The Labute approximate surface area is 119 Å². The van der Waals surface area contributed by atoms with Gasteiger partial charge in [-0.05, 0) is 24.3 Å². The number of aliphatic carboxylic acids is 1. The molecule has 2 N–H and O–H groups in total. The Morgan fingerprint density at radius 2 is 2.00 bits per heavy atom. The van der Waals surface area contributed by atoms with Gasteiger partial charge in [0.1, 0.15) is 6.04 Å².